The van der Waals surface area contributed by atoms with Crippen LogP contribution in [0.25, 0.3) is 10.8 Å². The van der Waals surface area contributed by atoms with Crippen molar-refractivity contribution in [1.82, 2.24) is 0 Å². The SMILES string of the molecule is BOCc1ccc2cc(CO)ccc2c1. The molecule has 0 bridgehead atoms. The first-order valence-corrected chi connectivity index (χ1v) is 4.95. The lowest BCUT2D eigenvalue weighted by molar-refractivity contribution is 0.282. The minimum atomic E-state index is 0.0930. The Morgan fingerprint density at radius 1 is 1.00 bits per heavy atom. The molecule has 2 rings (SSSR count). The van der Waals surface area contributed by atoms with Gasteiger partial charge in [-0.1, -0.05) is 24.3 Å². The van der Waals surface area contributed by atoms with Crippen molar-refractivity contribution in [2.75, 3.05) is 0 Å². The van der Waals surface area contributed by atoms with Crippen LogP contribution in [0.4, 0.5) is 0 Å². The van der Waals surface area contributed by atoms with Crippen molar-refractivity contribution in [1.29, 1.82) is 0 Å². The molecule has 0 spiro atoms. The van der Waals surface area contributed by atoms with E-state index in [1.165, 1.54) is 10.9 Å². The van der Waals surface area contributed by atoms with Crippen LogP contribution in [0.5, 0.6) is 0 Å². The van der Waals surface area contributed by atoms with Gasteiger partial charge >= 0.3 is 0 Å². The lowest BCUT2D eigenvalue weighted by Gasteiger charge is -2.04. The van der Waals surface area contributed by atoms with Crippen molar-refractivity contribution >= 4 is 18.8 Å². The van der Waals surface area contributed by atoms with Crippen LogP contribution in [0.3, 0.4) is 0 Å². The van der Waals surface area contributed by atoms with Gasteiger partial charge in [-0.2, -0.15) is 0 Å². The fraction of sp³-hybridized carbons (Fsp3) is 0.167. The topological polar surface area (TPSA) is 29.5 Å². The summed E-state index contributed by atoms with van der Waals surface area (Å²) < 4.78 is 5.08. The summed E-state index contributed by atoms with van der Waals surface area (Å²) in [6.07, 6.45) is 0. The van der Waals surface area contributed by atoms with Crippen molar-refractivity contribution in [3.63, 3.8) is 0 Å². The molecule has 2 nitrogen and oxygen atoms in total. The maximum atomic E-state index is 9.02. The quantitative estimate of drug-likeness (QED) is 0.758. The summed E-state index contributed by atoms with van der Waals surface area (Å²) in [5, 5.41) is 11.4. The molecule has 0 unspecified atom stereocenters. The smallest absolute Gasteiger partial charge is 0.257 e. The van der Waals surface area contributed by atoms with Crippen LogP contribution in [-0.2, 0) is 17.9 Å². The third-order valence-corrected chi connectivity index (χ3v) is 2.46. The van der Waals surface area contributed by atoms with E-state index >= 15 is 0 Å². The fourth-order valence-corrected chi connectivity index (χ4v) is 1.70. The number of fused-ring (bicyclic) bond motifs is 1. The first-order chi connectivity index (χ1) is 7.33. The third-order valence-electron chi connectivity index (χ3n) is 2.46. The molecule has 0 heterocycles. The van der Waals surface area contributed by atoms with Crippen LogP contribution in [-0.4, -0.2) is 13.2 Å². The first kappa shape index (κ1) is 10.2. The van der Waals surface area contributed by atoms with E-state index in [4.69, 9.17) is 9.76 Å². The lowest BCUT2D eigenvalue weighted by atomic mass is 10.0. The van der Waals surface area contributed by atoms with E-state index in [-0.39, 0.29) is 6.61 Å². The predicted molar refractivity (Wildman–Crippen MR) is 63.2 cm³/mol. The molecule has 2 aromatic carbocycles. The second-order valence-electron chi connectivity index (χ2n) is 3.61. The van der Waals surface area contributed by atoms with Gasteiger partial charge in [-0.15, -0.1) is 0 Å². The summed E-state index contributed by atoms with van der Waals surface area (Å²) in [7, 11) is 1.69. The van der Waals surface area contributed by atoms with Crippen molar-refractivity contribution in [2.24, 2.45) is 0 Å². The van der Waals surface area contributed by atoms with E-state index in [1.807, 2.05) is 24.3 Å². The van der Waals surface area contributed by atoms with Crippen LogP contribution in [0.1, 0.15) is 11.1 Å². The molecule has 0 aliphatic rings. The van der Waals surface area contributed by atoms with Gasteiger partial charge in [0.05, 0.1) is 13.2 Å². The summed E-state index contributed by atoms with van der Waals surface area (Å²) in [6.45, 7) is 0.730. The van der Waals surface area contributed by atoms with Gasteiger partial charge < -0.3 is 9.76 Å². The molecule has 15 heavy (non-hydrogen) atoms. The summed E-state index contributed by atoms with van der Waals surface area (Å²) >= 11 is 0. The van der Waals surface area contributed by atoms with Gasteiger partial charge in [0.2, 0.25) is 0 Å². The highest BCUT2D eigenvalue weighted by molar-refractivity contribution is 5.97. The first-order valence-electron chi connectivity index (χ1n) is 4.95. The minimum Gasteiger partial charge on any atom is -0.440 e. The van der Waals surface area contributed by atoms with Gasteiger partial charge in [0.1, 0.15) is 0 Å². The van der Waals surface area contributed by atoms with Crippen molar-refractivity contribution in [3.8, 4) is 0 Å². The number of aliphatic hydroxyl groups is 1. The molecule has 76 valence electrons. The molecule has 0 saturated heterocycles. The van der Waals surface area contributed by atoms with E-state index in [0.29, 0.717) is 6.61 Å². The highest BCUT2D eigenvalue weighted by Crippen LogP contribution is 2.18. The zero-order chi connectivity index (χ0) is 10.7. The Morgan fingerprint density at radius 2 is 1.60 bits per heavy atom. The normalized spacial score (nSPS) is 10.7. The maximum Gasteiger partial charge on any atom is 0.257 e. The molecule has 1 N–H and O–H groups in total. The van der Waals surface area contributed by atoms with E-state index in [9.17, 15) is 0 Å². The number of hydrogen-bond acceptors (Lipinski definition) is 2. The Hall–Kier alpha value is -1.32. The maximum absolute atomic E-state index is 9.02. The number of aliphatic hydroxyl groups excluding tert-OH is 1. The van der Waals surface area contributed by atoms with Crippen LogP contribution >= 0.6 is 0 Å². The summed E-state index contributed by atoms with van der Waals surface area (Å²) in [5.41, 5.74) is 2.11. The average molecular weight is 200 g/mol. The molecule has 0 aliphatic carbocycles. The number of benzene rings is 2. The lowest BCUT2D eigenvalue weighted by Crippen LogP contribution is -1.89. The predicted octanol–water partition coefficient (Wildman–Crippen LogP) is 1.40. The highest BCUT2D eigenvalue weighted by Gasteiger charge is 1.97. The molecule has 0 amide bonds. The Bertz CT molecular complexity index is 468. The van der Waals surface area contributed by atoms with Gasteiger partial charge in [-0.05, 0) is 34.0 Å². The Morgan fingerprint density at radius 3 is 2.20 bits per heavy atom. The number of hydrogen-bond donors (Lipinski definition) is 1. The summed E-state index contributed by atoms with van der Waals surface area (Å²) in [5.74, 6) is 0. The zero-order valence-corrected chi connectivity index (χ0v) is 8.73. The van der Waals surface area contributed by atoms with Crippen LogP contribution < -0.4 is 0 Å². The van der Waals surface area contributed by atoms with Gasteiger partial charge in [-0.3, -0.25) is 0 Å². The van der Waals surface area contributed by atoms with Gasteiger partial charge in [0, 0.05) is 0 Å². The summed E-state index contributed by atoms with van der Waals surface area (Å²) in [6, 6.07) is 12.2. The van der Waals surface area contributed by atoms with Crippen molar-refractivity contribution in [3.05, 3.63) is 47.5 Å². The van der Waals surface area contributed by atoms with Crippen molar-refractivity contribution < 1.29 is 9.76 Å². The van der Waals surface area contributed by atoms with Gasteiger partial charge in [0.15, 0.2) is 0 Å². The molecular formula is C12H13BO2. The zero-order valence-electron chi connectivity index (χ0n) is 8.73. The third kappa shape index (κ3) is 2.20. The highest BCUT2D eigenvalue weighted by atomic mass is 16.4. The molecule has 0 atom stereocenters. The molecule has 3 heteroatoms. The second kappa shape index (κ2) is 4.47. The van der Waals surface area contributed by atoms with Crippen molar-refractivity contribution in [2.45, 2.75) is 13.2 Å². The largest absolute Gasteiger partial charge is 0.440 e. The van der Waals surface area contributed by atoms with E-state index in [1.54, 1.807) is 8.05 Å². The molecule has 0 saturated carbocycles. The molecule has 0 radical (unpaired) electrons. The molecule has 0 fully saturated rings. The molecule has 2 aromatic rings. The van der Waals surface area contributed by atoms with E-state index < -0.39 is 0 Å². The number of rotatable bonds is 3. The average Bonchev–Trinajstić information content (AvgIpc) is 2.29. The van der Waals surface area contributed by atoms with Crippen LogP contribution in [0, 0.1) is 0 Å². The van der Waals surface area contributed by atoms with E-state index in [2.05, 4.69) is 12.1 Å². The molecule has 0 aromatic heterocycles. The Balaban J connectivity index is 2.45. The van der Waals surface area contributed by atoms with E-state index in [0.717, 1.165) is 10.9 Å². The molecular weight excluding hydrogens is 187 g/mol. The van der Waals surface area contributed by atoms with Crippen LogP contribution in [0.15, 0.2) is 36.4 Å². The fourth-order valence-electron chi connectivity index (χ4n) is 1.70. The molecule has 0 aliphatic heterocycles. The Labute approximate surface area is 89.9 Å². The Kier molecular flexibility index (Phi) is 3.04. The minimum absolute atomic E-state index is 0.0930. The monoisotopic (exact) mass is 200 g/mol. The van der Waals surface area contributed by atoms with Gasteiger partial charge in [0.25, 0.3) is 8.05 Å². The standard InChI is InChI=1S/C12H13BO2/c13-15-8-10-2-4-11-5-9(7-14)1-3-12(11)6-10/h1-6,14H,7-8,13H2. The van der Waals surface area contributed by atoms with Gasteiger partial charge in [-0.25, -0.2) is 0 Å². The van der Waals surface area contributed by atoms with Crippen LogP contribution in [0.2, 0.25) is 0 Å². The second-order valence-corrected chi connectivity index (χ2v) is 3.61. The summed E-state index contributed by atoms with van der Waals surface area (Å²) in [4.78, 5) is 0.